The van der Waals surface area contributed by atoms with E-state index in [0.29, 0.717) is 110 Å². The third-order valence-corrected chi connectivity index (χ3v) is 13.7. The first-order valence-electron chi connectivity index (χ1n) is 23.8. The van der Waals surface area contributed by atoms with Crippen LogP contribution in [0.5, 0.6) is 11.5 Å². The van der Waals surface area contributed by atoms with E-state index in [-0.39, 0.29) is 63.5 Å². The molecule has 0 aliphatic heterocycles. The van der Waals surface area contributed by atoms with Crippen molar-refractivity contribution in [2.45, 2.75) is 77.0 Å². The number of ether oxygens (including phenoxy) is 2. The number of fused-ring (bicyclic) bond motifs is 2. The number of benzene rings is 4. The number of nitrogens with one attached hydrogen (secondary N) is 3. The minimum atomic E-state index is -4.00. The summed E-state index contributed by atoms with van der Waals surface area (Å²) in [6.07, 6.45) is 2.99. The normalized spacial score (nSPS) is 11.0. The predicted molar refractivity (Wildman–Crippen MR) is 291 cm³/mol. The summed E-state index contributed by atoms with van der Waals surface area (Å²) in [6.45, 7) is 25.9. The van der Waals surface area contributed by atoms with Gasteiger partial charge in [-0.25, -0.2) is 36.5 Å². The number of nitrogens with two attached hydrogens (primary N) is 1. The summed E-state index contributed by atoms with van der Waals surface area (Å²) in [7, 11) is -0.103. The van der Waals surface area contributed by atoms with E-state index >= 15 is 0 Å². The Morgan fingerprint density at radius 2 is 1.17 bits per heavy atom. The fraction of sp³-hybridized carbons (Fsp3) is 0.294. The monoisotopic (exact) mass is 1110 g/mol. The Bertz CT molecular complexity index is 3860. The summed E-state index contributed by atoms with van der Waals surface area (Å²) >= 11 is 0. The maximum absolute atomic E-state index is 13.2. The largest absolute Gasteiger partial charge is 1.00 e. The minimum Gasteiger partial charge on any atom is -1.00 e. The maximum atomic E-state index is 13.2. The van der Waals surface area contributed by atoms with Crippen molar-refractivity contribution in [1.29, 1.82) is 0 Å². The SMILES string of the molecule is CCCc1nn(C)c2c(=O)[nH]c(-c3cc(S(=O)(=O)Cl)ccc3OCC)nc12.[2H]CF.[C-]#[N+]c1ccc(N)cc1C.[C-]#[N+]c1ccc(NS(=O)(=O)c2ccc(OCC)c(-c3nc4c(CCC)nn(C)c4c(=O)[nH]3)c2)cc1C.[H-].[Na+]. The van der Waals surface area contributed by atoms with Gasteiger partial charge in [-0.2, -0.15) is 10.2 Å². The molecule has 0 fully saturated rings. The van der Waals surface area contributed by atoms with Crippen molar-refractivity contribution in [3.63, 3.8) is 0 Å². The second-order valence-electron chi connectivity index (χ2n) is 16.4. The van der Waals surface area contributed by atoms with Gasteiger partial charge in [-0.1, -0.05) is 38.8 Å². The van der Waals surface area contributed by atoms with Crippen LogP contribution < -0.4 is 60.6 Å². The first kappa shape index (κ1) is 59.8. The van der Waals surface area contributed by atoms with E-state index in [9.17, 15) is 30.8 Å². The van der Waals surface area contributed by atoms with Crippen LogP contribution in [-0.2, 0) is 46.0 Å². The summed E-state index contributed by atoms with van der Waals surface area (Å²) in [6, 6.07) is 18.6. The third kappa shape index (κ3) is 14.4. The van der Waals surface area contributed by atoms with Crippen molar-refractivity contribution in [2.75, 3.05) is 30.8 Å². The molecule has 20 nitrogen and oxygen atoms in total. The van der Waals surface area contributed by atoms with E-state index in [1.54, 1.807) is 64.3 Å². The number of anilines is 2. The van der Waals surface area contributed by atoms with Gasteiger partial charge in [0.05, 0.1) is 67.2 Å². The third-order valence-electron chi connectivity index (χ3n) is 11.0. The molecule has 396 valence electrons. The van der Waals surface area contributed by atoms with Gasteiger partial charge in [-0.15, -0.1) is 0 Å². The van der Waals surface area contributed by atoms with Gasteiger partial charge < -0.3 is 26.6 Å². The fourth-order valence-electron chi connectivity index (χ4n) is 7.69. The molecular weight excluding hydrogens is 1050 g/mol. The van der Waals surface area contributed by atoms with Gasteiger partial charge in [0, 0.05) is 36.2 Å². The van der Waals surface area contributed by atoms with E-state index in [1.165, 1.54) is 45.8 Å². The quantitative estimate of drug-likeness (QED) is 0.0380. The fourth-order valence-corrected chi connectivity index (χ4v) is 9.54. The van der Waals surface area contributed by atoms with Gasteiger partial charge in [0.15, 0.2) is 22.4 Å². The van der Waals surface area contributed by atoms with Crippen molar-refractivity contribution >= 4 is 74.6 Å². The summed E-state index contributed by atoms with van der Waals surface area (Å²) < 4.78 is 82.3. The number of nitrogen functional groups attached to an aromatic ring is 1. The van der Waals surface area contributed by atoms with Crippen LogP contribution >= 0.6 is 10.7 Å². The average molecular weight is 1110 g/mol. The Hall–Kier alpha value is -7.12. The van der Waals surface area contributed by atoms with Gasteiger partial charge >= 0.3 is 29.6 Å². The van der Waals surface area contributed by atoms with Crippen LogP contribution in [0.25, 0.3) is 54.5 Å². The van der Waals surface area contributed by atoms with Gasteiger partial charge in [-0.3, -0.25) is 28.1 Å². The molecule has 0 aliphatic carbocycles. The zero-order chi connectivity index (χ0) is 56.1. The van der Waals surface area contributed by atoms with Gasteiger partial charge in [-0.05, 0) is 112 Å². The van der Waals surface area contributed by atoms with Crippen molar-refractivity contribution in [3.05, 3.63) is 139 Å². The first-order valence-corrected chi connectivity index (χ1v) is 26.9. The van der Waals surface area contributed by atoms with E-state index in [4.69, 9.17) is 40.4 Å². The van der Waals surface area contributed by atoms with Crippen LogP contribution in [0.3, 0.4) is 0 Å². The van der Waals surface area contributed by atoms with Crippen LogP contribution in [0.4, 0.5) is 27.1 Å². The predicted octanol–water partition coefficient (Wildman–Crippen LogP) is 6.77. The van der Waals surface area contributed by atoms with Crippen LogP contribution in [0.15, 0.2) is 92.2 Å². The number of aromatic amines is 2. The summed E-state index contributed by atoms with van der Waals surface area (Å²) in [5.74, 6) is 1.17. The molecule has 0 saturated heterocycles. The molecule has 4 aromatic carbocycles. The molecule has 0 atom stereocenters. The van der Waals surface area contributed by atoms with E-state index < -0.39 is 26.2 Å². The van der Waals surface area contributed by atoms with Crippen molar-refractivity contribution in [1.82, 2.24) is 39.5 Å². The smallest absolute Gasteiger partial charge is 1.00 e. The van der Waals surface area contributed by atoms with Gasteiger partial charge in [0.1, 0.15) is 34.2 Å². The Morgan fingerprint density at radius 1 is 0.737 bits per heavy atom. The Labute approximate surface area is 469 Å². The molecule has 0 saturated carbocycles. The number of hydrogen-bond donors (Lipinski definition) is 4. The zero-order valence-corrected chi connectivity index (χ0v) is 47.8. The maximum Gasteiger partial charge on any atom is 1.00 e. The van der Waals surface area contributed by atoms with Crippen molar-refractivity contribution in [2.24, 2.45) is 14.1 Å². The molecule has 0 amide bonds. The van der Waals surface area contributed by atoms with Crippen LogP contribution in [-0.4, -0.2) is 76.7 Å². The number of nitrogens with zero attached hydrogens (tertiary/aromatic N) is 8. The molecule has 5 N–H and O–H groups in total. The molecule has 76 heavy (non-hydrogen) atoms. The summed E-state index contributed by atoms with van der Waals surface area (Å²) in [5.41, 5.74) is 12.3. The Morgan fingerprint density at radius 3 is 1.58 bits per heavy atom. The molecule has 0 unspecified atom stereocenters. The number of H-pyrrole nitrogens is 2. The molecule has 4 aromatic heterocycles. The Kier molecular flexibility index (Phi) is 21.3. The number of rotatable bonds is 14. The second kappa shape index (κ2) is 27.1. The molecule has 0 aliphatic rings. The van der Waals surface area contributed by atoms with Crippen LogP contribution in [0.1, 0.15) is 65.8 Å². The standard InChI is InChI=1S/C25H26N6O4S.C17H19ClN4O4S.C8H8N2.CH3F.Na.H/c1-6-8-20-22-23(31(5)29-20)25(32)28-24(27-22)18-14-17(10-12-21(18)35-7-2)36(33,34)30-16-9-11-19(26-4)15(3)13-16;1-4-6-12-14-15(22(3)21-12)17(23)20-16(19-14)11-9-10(27(18,24)25)7-8-13(11)26-5-2;1-6-5-7(9)3-4-8(6)10-2;1-2;;/h9-14,30H,6-8H2,1-3,5H3,(H,27,28,32);7-9H,4-6H2,1-3H3,(H,19,20,23);3-5H,9H2,1H3;1H3;;/q;;;;+1;-1/i;;;1D;;. The first-order chi connectivity index (χ1) is 36.1. The number of alkyl halides is 1. The van der Waals surface area contributed by atoms with Crippen LogP contribution in [0.2, 0.25) is 0 Å². The minimum absolute atomic E-state index is 0. The Balaban J connectivity index is 0.000000334. The number of aromatic nitrogens is 8. The van der Waals surface area contributed by atoms with Crippen molar-refractivity contribution in [3.8, 4) is 34.3 Å². The molecule has 0 spiro atoms. The second-order valence-corrected chi connectivity index (χ2v) is 20.6. The number of halogens is 2. The molecule has 0 bridgehead atoms. The van der Waals surface area contributed by atoms with E-state index in [0.717, 1.165) is 18.4 Å². The molecule has 4 heterocycles. The molecule has 8 aromatic rings. The zero-order valence-electron chi connectivity index (χ0n) is 45.4. The topological polar surface area (TPSA) is 261 Å². The van der Waals surface area contributed by atoms with E-state index in [2.05, 4.69) is 44.5 Å². The number of hydrogen-bond acceptors (Lipinski definition) is 13. The summed E-state index contributed by atoms with van der Waals surface area (Å²) in [4.78, 5) is 46.8. The molecule has 25 heteroatoms. The van der Waals surface area contributed by atoms with E-state index in [1.807, 2.05) is 27.7 Å². The average Bonchev–Trinajstić information content (AvgIpc) is 3.89. The summed E-state index contributed by atoms with van der Waals surface area (Å²) in [5, 5.41) is 8.81. The van der Waals surface area contributed by atoms with Gasteiger partial charge in [0.25, 0.3) is 30.2 Å². The number of sulfonamides is 1. The molecular formula is C51H57ClFN12NaO8S2. The van der Waals surface area contributed by atoms with Crippen LogP contribution in [0, 0.1) is 27.0 Å². The number of aryl methyl sites for hydroxylation is 6. The molecule has 8 rings (SSSR count). The van der Waals surface area contributed by atoms with Crippen molar-refractivity contribution < 1.29 is 63.1 Å². The van der Waals surface area contributed by atoms with Gasteiger partial charge in [0.2, 0.25) is 0 Å². The molecule has 0 radical (unpaired) electrons.